The second-order valence-electron chi connectivity index (χ2n) is 2.69. The Kier molecular flexibility index (Phi) is 1.70. The molecule has 14 heavy (non-hydrogen) atoms. The van der Waals surface area contributed by atoms with Gasteiger partial charge in [0.05, 0.1) is 0 Å². The van der Waals surface area contributed by atoms with E-state index in [1.807, 2.05) is 9.97 Å². The molecule has 0 aliphatic rings. The van der Waals surface area contributed by atoms with E-state index in [4.69, 9.17) is 0 Å². The van der Waals surface area contributed by atoms with Gasteiger partial charge in [0.2, 0.25) is 0 Å². The highest BCUT2D eigenvalue weighted by molar-refractivity contribution is 5.74. The Labute approximate surface area is 75.2 Å². The molecular formula is C8H4F2N2O2. The van der Waals surface area contributed by atoms with Crippen LogP contribution in [0.5, 0.6) is 0 Å². The number of rotatable bonds is 0. The molecule has 2 rings (SSSR count). The first-order valence-corrected chi connectivity index (χ1v) is 3.70. The van der Waals surface area contributed by atoms with Gasteiger partial charge in [0.15, 0.2) is 0 Å². The van der Waals surface area contributed by atoms with Gasteiger partial charge >= 0.3 is 11.1 Å². The number of hydrogen-bond donors (Lipinski definition) is 2. The number of nitrogens with one attached hydrogen (secondary N) is 2. The molecule has 0 spiro atoms. The van der Waals surface area contributed by atoms with Crippen molar-refractivity contribution in [2.75, 3.05) is 0 Å². The van der Waals surface area contributed by atoms with Crippen LogP contribution >= 0.6 is 0 Å². The molecule has 0 aliphatic heterocycles. The van der Waals surface area contributed by atoms with E-state index in [1.165, 1.54) is 0 Å². The summed E-state index contributed by atoms with van der Waals surface area (Å²) in [4.78, 5) is 25.5. The number of fused-ring (bicyclic) bond motifs is 1. The second kappa shape index (κ2) is 2.76. The molecule has 0 saturated heterocycles. The molecule has 1 aromatic heterocycles. The van der Waals surface area contributed by atoms with E-state index in [9.17, 15) is 18.4 Å². The van der Waals surface area contributed by atoms with E-state index in [1.54, 1.807) is 0 Å². The van der Waals surface area contributed by atoms with Gasteiger partial charge in [-0.1, -0.05) is 0 Å². The van der Waals surface area contributed by atoms with E-state index in [0.717, 1.165) is 12.1 Å². The smallest absolute Gasteiger partial charge is 0.313 e. The Morgan fingerprint density at radius 3 is 1.57 bits per heavy atom. The zero-order valence-electron chi connectivity index (χ0n) is 6.73. The molecule has 0 atom stereocenters. The molecule has 72 valence electrons. The third-order valence-electron chi connectivity index (χ3n) is 1.79. The van der Waals surface area contributed by atoms with Crippen molar-refractivity contribution in [1.82, 2.24) is 9.97 Å². The van der Waals surface area contributed by atoms with Crippen LogP contribution in [0, 0.1) is 11.6 Å². The van der Waals surface area contributed by atoms with Crippen LogP contribution in [0.15, 0.2) is 21.7 Å². The molecule has 0 aliphatic carbocycles. The van der Waals surface area contributed by atoms with Gasteiger partial charge in [0, 0.05) is 0 Å². The highest BCUT2D eigenvalue weighted by Gasteiger charge is 2.08. The highest BCUT2D eigenvalue weighted by Crippen LogP contribution is 2.13. The first kappa shape index (κ1) is 8.61. The van der Waals surface area contributed by atoms with Crippen LogP contribution in [0.1, 0.15) is 0 Å². The highest BCUT2D eigenvalue weighted by atomic mass is 19.1. The SMILES string of the molecule is O=c1[nH]c2c(F)ccc(F)c2[nH]c1=O. The van der Waals surface area contributed by atoms with Crippen LogP contribution < -0.4 is 11.1 Å². The molecule has 1 heterocycles. The molecule has 6 heteroatoms. The van der Waals surface area contributed by atoms with Gasteiger partial charge in [-0.3, -0.25) is 9.59 Å². The largest absolute Gasteiger partial charge is 0.314 e. The van der Waals surface area contributed by atoms with E-state index < -0.39 is 22.8 Å². The van der Waals surface area contributed by atoms with Crippen LogP contribution in [-0.4, -0.2) is 9.97 Å². The molecule has 0 saturated carbocycles. The summed E-state index contributed by atoms with van der Waals surface area (Å²) < 4.78 is 26.0. The molecule has 0 amide bonds. The quantitative estimate of drug-likeness (QED) is 0.605. The predicted molar refractivity (Wildman–Crippen MR) is 45.1 cm³/mol. The Bertz CT molecular complexity index is 560. The molecule has 1 aromatic carbocycles. The normalized spacial score (nSPS) is 10.7. The zero-order chi connectivity index (χ0) is 10.3. The molecule has 0 radical (unpaired) electrons. The second-order valence-corrected chi connectivity index (χ2v) is 2.69. The van der Waals surface area contributed by atoms with Gasteiger partial charge in [-0.2, -0.15) is 0 Å². The minimum absolute atomic E-state index is 0.338. The van der Waals surface area contributed by atoms with Crippen molar-refractivity contribution < 1.29 is 8.78 Å². The van der Waals surface area contributed by atoms with Crippen LogP contribution in [-0.2, 0) is 0 Å². The van der Waals surface area contributed by atoms with E-state index in [2.05, 4.69) is 0 Å². The maximum absolute atomic E-state index is 13.0. The van der Waals surface area contributed by atoms with Crippen molar-refractivity contribution >= 4 is 11.0 Å². The molecule has 2 N–H and O–H groups in total. The average Bonchev–Trinajstić information content (AvgIpc) is 2.15. The fraction of sp³-hybridized carbons (Fsp3) is 0. The van der Waals surface area contributed by atoms with Gasteiger partial charge in [-0.05, 0) is 12.1 Å². The standard InChI is InChI=1S/C8H4F2N2O2/c9-3-1-2-4(10)6-5(3)11-7(13)8(14)12-6/h1-2H,(H,11,13)(H,12,14). The zero-order valence-corrected chi connectivity index (χ0v) is 6.73. The molecule has 0 fully saturated rings. The lowest BCUT2D eigenvalue weighted by atomic mass is 10.3. The summed E-state index contributed by atoms with van der Waals surface area (Å²) in [6, 6.07) is 1.73. The first-order valence-electron chi connectivity index (χ1n) is 3.70. The maximum Gasteiger partial charge on any atom is 0.314 e. The summed E-state index contributed by atoms with van der Waals surface area (Å²) in [6.07, 6.45) is 0. The Morgan fingerprint density at radius 2 is 1.21 bits per heavy atom. The van der Waals surface area contributed by atoms with Gasteiger partial charge in [-0.15, -0.1) is 0 Å². The number of benzene rings is 1. The topological polar surface area (TPSA) is 65.7 Å². The van der Waals surface area contributed by atoms with Crippen LogP contribution in [0.3, 0.4) is 0 Å². The Morgan fingerprint density at radius 1 is 0.857 bits per heavy atom. The summed E-state index contributed by atoms with van der Waals surface area (Å²) in [7, 11) is 0. The van der Waals surface area contributed by atoms with Crippen LogP contribution in [0.2, 0.25) is 0 Å². The van der Waals surface area contributed by atoms with Gasteiger partial charge in [0.25, 0.3) is 0 Å². The van der Waals surface area contributed by atoms with Crippen LogP contribution in [0.4, 0.5) is 8.78 Å². The minimum Gasteiger partial charge on any atom is -0.313 e. The monoisotopic (exact) mass is 198 g/mol. The lowest BCUT2D eigenvalue weighted by Crippen LogP contribution is -2.29. The number of H-pyrrole nitrogens is 2. The van der Waals surface area contributed by atoms with Crippen LogP contribution in [0.25, 0.3) is 11.0 Å². The molecule has 2 aromatic rings. The lowest BCUT2D eigenvalue weighted by molar-refractivity contribution is 0.612. The summed E-state index contributed by atoms with van der Waals surface area (Å²) in [5.41, 5.74) is -2.70. The molecule has 0 bridgehead atoms. The summed E-state index contributed by atoms with van der Waals surface area (Å²) in [5, 5.41) is 0. The van der Waals surface area contributed by atoms with Gasteiger partial charge in [0.1, 0.15) is 22.7 Å². The third kappa shape index (κ3) is 1.12. The Hall–Kier alpha value is -1.98. The van der Waals surface area contributed by atoms with Crippen molar-refractivity contribution in [2.24, 2.45) is 0 Å². The third-order valence-corrected chi connectivity index (χ3v) is 1.79. The van der Waals surface area contributed by atoms with Crippen molar-refractivity contribution in [3.8, 4) is 0 Å². The molecular weight excluding hydrogens is 194 g/mol. The fourth-order valence-corrected chi connectivity index (χ4v) is 1.14. The predicted octanol–water partition coefficient (Wildman–Crippen LogP) is 0.495. The van der Waals surface area contributed by atoms with Gasteiger partial charge < -0.3 is 9.97 Å². The number of aromatic amines is 2. The number of halogens is 2. The van der Waals surface area contributed by atoms with E-state index >= 15 is 0 Å². The Balaban J connectivity index is 3.09. The van der Waals surface area contributed by atoms with Crippen molar-refractivity contribution in [1.29, 1.82) is 0 Å². The maximum atomic E-state index is 13.0. The number of hydrogen-bond acceptors (Lipinski definition) is 2. The fourth-order valence-electron chi connectivity index (χ4n) is 1.14. The average molecular weight is 198 g/mol. The summed E-state index contributed by atoms with van der Waals surface area (Å²) in [5.74, 6) is -1.59. The van der Waals surface area contributed by atoms with Crippen molar-refractivity contribution in [2.45, 2.75) is 0 Å². The summed E-state index contributed by atoms with van der Waals surface area (Å²) >= 11 is 0. The molecule has 4 nitrogen and oxygen atoms in total. The molecule has 0 unspecified atom stereocenters. The first-order chi connectivity index (χ1) is 6.59. The van der Waals surface area contributed by atoms with Gasteiger partial charge in [-0.25, -0.2) is 8.78 Å². The van der Waals surface area contributed by atoms with E-state index in [-0.39, 0.29) is 11.0 Å². The van der Waals surface area contributed by atoms with Crippen molar-refractivity contribution in [3.63, 3.8) is 0 Å². The van der Waals surface area contributed by atoms with Crippen molar-refractivity contribution in [3.05, 3.63) is 44.5 Å². The summed E-state index contributed by atoms with van der Waals surface area (Å²) in [6.45, 7) is 0. The van der Waals surface area contributed by atoms with E-state index in [0.29, 0.717) is 0 Å². The number of aromatic nitrogens is 2. The lowest BCUT2D eigenvalue weighted by Gasteiger charge is -1.98. The minimum atomic E-state index is -1.01.